The Hall–Kier alpha value is -3.81. The highest BCUT2D eigenvalue weighted by molar-refractivity contribution is 6.39. The van der Waals surface area contributed by atoms with Gasteiger partial charge in [0.15, 0.2) is 0 Å². The number of rotatable bonds is 7. The summed E-state index contributed by atoms with van der Waals surface area (Å²) in [4.78, 5) is 39.0. The molecule has 1 fully saturated rings. The minimum absolute atomic E-state index is 0.0637. The summed E-state index contributed by atoms with van der Waals surface area (Å²) in [5, 5.41) is 3.18. The van der Waals surface area contributed by atoms with E-state index in [0.29, 0.717) is 33.7 Å². The van der Waals surface area contributed by atoms with Crippen LogP contribution in [0.1, 0.15) is 25.0 Å². The van der Waals surface area contributed by atoms with Crippen LogP contribution in [0.15, 0.2) is 72.3 Å². The number of halogens is 2. The molecule has 3 aromatic carbocycles. The lowest BCUT2D eigenvalue weighted by Gasteiger charge is -2.26. The summed E-state index contributed by atoms with van der Waals surface area (Å²) in [6.45, 7) is 4.08. The van der Waals surface area contributed by atoms with Crippen LogP contribution >= 0.6 is 23.2 Å². The fraction of sp³-hybridized carbons (Fsp3) is 0.148. The number of nitrogens with zero attached hydrogens (tertiary/aromatic N) is 1. The van der Waals surface area contributed by atoms with Crippen molar-refractivity contribution in [3.8, 4) is 11.5 Å². The topological polar surface area (TPSA) is 84.9 Å². The van der Waals surface area contributed by atoms with Gasteiger partial charge in [-0.25, -0.2) is 9.69 Å². The van der Waals surface area contributed by atoms with Crippen LogP contribution in [-0.4, -0.2) is 23.9 Å². The molecule has 0 unspecified atom stereocenters. The van der Waals surface area contributed by atoms with Gasteiger partial charge in [-0.1, -0.05) is 41.4 Å². The monoisotopic (exact) mass is 524 g/mol. The highest BCUT2D eigenvalue weighted by atomic mass is 35.5. The van der Waals surface area contributed by atoms with E-state index in [-0.39, 0.29) is 17.4 Å². The average Bonchev–Trinajstić information content (AvgIpc) is 2.83. The van der Waals surface area contributed by atoms with E-state index in [9.17, 15) is 14.4 Å². The summed E-state index contributed by atoms with van der Waals surface area (Å²) >= 11 is 12.2. The van der Waals surface area contributed by atoms with Crippen LogP contribution in [0.3, 0.4) is 0 Å². The fourth-order valence-corrected chi connectivity index (χ4v) is 3.81. The van der Waals surface area contributed by atoms with E-state index in [1.807, 2.05) is 26.0 Å². The number of nitrogens with one attached hydrogen (secondary N) is 1. The first-order valence-corrected chi connectivity index (χ1v) is 11.8. The Bertz CT molecular complexity index is 1340. The fourth-order valence-electron chi connectivity index (χ4n) is 3.45. The molecule has 1 aliphatic rings. The van der Waals surface area contributed by atoms with Crippen molar-refractivity contribution in [2.75, 3.05) is 4.90 Å². The Balaban J connectivity index is 1.52. The number of hydrogen-bond donors (Lipinski definition) is 1. The van der Waals surface area contributed by atoms with Crippen molar-refractivity contribution in [2.24, 2.45) is 0 Å². The van der Waals surface area contributed by atoms with Crippen LogP contribution in [0, 0.1) is 0 Å². The average molecular weight is 525 g/mol. The maximum Gasteiger partial charge on any atom is 0.335 e. The molecule has 0 aliphatic carbocycles. The number of carbonyl (C=O) groups is 3. The van der Waals surface area contributed by atoms with Gasteiger partial charge in [0, 0.05) is 5.02 Å². The van der Waals surface area contributed by atoms with Gasteiger partial charge < -0.3 is 9.47 Å². The first-order chi connectivity index (χ1) is 17.2. The normalized spacial score (nSPS) is 14.9. The number of ether oxygens (including phenoxy) is 2. The van der Waals surface area contributed by atoms with Gasteiger partial charge in [-0.15, -0.1) is 0 Å². The SMILES string of the molecule is CC(C)Oc1ccc(/C=C2\C(=O)NC(=O)N(c3ccc(OCc4ccc(Cl)cc4)cc3)C2=O)cc1Cl. The number of imide groups is 2. The third kappa shape index (κ3) is 5.87. The molecule has 4 amide bonds. The van der Waals surface area contributed by atoms with Gasteiger partial charge in [-0.3, -0.25) is 14.9 Å². The maximum atomic E-state index is 13.1. The van der Waals surface area contributed by atoms with Gasteiger partial charge in [-0.2, -0.15) is 0 Å². The molecule has 36 heavy (non-hydrogen) atoms. The molecule has 1 aliphatic heterocycles. The molecule has 0 atom stereocenters. The largest absolute Gasteiger partial charge is 0.489 e. The van der Waals surface area contributed by atoms with E-state index in [1.54, 1.807) is 54.6 Å². The Morgan fingerprint density at radius 3 is 2.28 bits per heavy atom. The predicted octanol–water partition coefficient (Wildman–Crippen LogP) is 6.03. The minimum Gasteiger partial charge on any atom is -0.489 e. The molecule has 0 spiro atoms. The van der Waals surface area contributed by atoms with Crippen LogP contribution in [0.4, 0.5) is 10.5 Å². The lowest BCUT2D eigenvalue weighted by molar-refractivity contribution is -0.122. The Kier molecular flexibility index (Phi) is 7.62. The standard InChI is InChI=1S/C27H22Cl2N2O5/c1-16(2)36-24-12-5-18(14-23(24)29)13-22-25(32)30-27(34)31(26(22)33)20-8-10-21(11-9-20)35-15-17-3-6-19(28)7-4-17/h3-14,16H,15H2,1-2H3,(H,30,32,34)/b22-13+. The number of amides is 4. The lowest BCUT2D eigenvalue weighted by Crippen LogP contribution is -2.54. The summed E-state index contributed by atoms with van der Waals surface area (Å²) in [5.41, 5.74) is 1.53. The molecule has 3 aromatic rings. The summed E-state index contributed by atoms with van der Waals surface area (Å²) in [6, 6.07) is 17.8. The van der Waals surface area contributed by atoms with Crippen molar-refractivity contribution >= 4 is 52.8 Å². The van der Waals surface area contributed by atoms with Crippen LogP contribution in [-0.2, 0) is 16.2 Å². The van der Waals surface area contributed by atoms with E-state index in [0.717, 1.165) is 10.5 Å². The van der Waals surface area contributed by atoms with E-state index in [4.69, 9.17) is 32.7 Å². The van der Waals surface area contributed by atoms with Crippen LogP contribution in [0.5, 0.6) is 11.5 Å². The zero-order valence-corrected chi connectivity index (χ0v) is 21.0. The molecule has 0 bridgehead atoms. The molecule has 1 saturated heterocycles. The van der Waals surface area contributed by atoms with E-state index < -0.39 is 17.8 Å². The van der Waals surface area contributed by atoms with Crippen molar-refractivity contribution in [3.63, 3.8) is 0 Å². The molecule has 1 N–H and O–H groups in total. The smallest absolute Gasteiger partial charge is 0.335 e. The molecule has 4 rings (SSSR count). The molecule has 0 aromatic heterocycles. The zero-order chi connectivity index (χ0) is 25.8. The maximum absolute atomic E-state index is 13.1. The molecule has 0 saturated carbocycles. The third-order valence-corrected chi connectivity index (χ3v) is 5.69. The lowest BCUT2D eigenvalue weighted by atomic mass is 10.1. The van der Waals surface area contributed by atoms with Crippen LogP contribution in [0.25, 0.3) is 6.08 Å². The number of hydrogen-bond acceptors (Lipinski definition) is 5. The van der Waals surface area contributed by atoms with Crippen molar-refractivity contribution < 1.29 is 23.9 Å². The molecule has 1 heterocycles. The first kappa shape index (κ1) is 25.3. The summed E-state index contributed by atoms with van der Waals surface area (Å²) in [7, 11) is 0. The van der Waals surface area contributed by atoms with Gasteiger partial charge in [0.05, 0.1) is 16.8 Å². The van der Waals surface area contributed by atoms with E-state index >= 15 is 0 Å². The predicted molar refractivity (Wildman–Crippen MR) is 138 cm³/mol. The number of barbiturate groups is 1. The number of carbonyl (C=O) groups excluding carboxylic acids is 3. The number of benzene rings is 3. The number of anilines is 1. The molecule has 9 heteroatoms. The van der Waals surface area contributed by atoms with Gasteiger partial charge in [0.25, 0.3) is 11.8 Å². The van der Waals surface area contributed by atoms with Crippen LogP contribution < -0.4 is 19.7 Å². The van der Waals surface area contributed by atoms with Crippen molar-refractivity contribution in [1.29, 1.82) is 0 Å². The van der Waals surface area contributed by atoms with E-state index in [2.05, 4.69) is 5.32 Å². The molecule has 0 radical (unpaired) electrons. The minimum atomic E-state index is -0.837. The summed E-state index contributed by atoms with van der Waals surface area (Å²) in [6.07, 6.45) is 1.32. The second kappa shape index (κ2) is 10.8. The van der Waals surface area contributed by atoms with Crippen molar-refractivity contribution in [2.45, 2.75) is 26.6 Å². The Morgan fingerprint density at radius 2 is 1.64 bits per heavy atom. The highest BCUT2D eigenvalue weighted by Crippen LogP contribution is 2.29. The van der Waals surface area contributed by atoms with E-state index in [1.165, 1.54) is 6.08 Å². The number of urea groups is 1. The molecular weight excluding hydrogens is 503 g/mol. The van der Waals surface area contributed by atoms with Crippen molar-refractivity contribution in [1.82, 2.24) is 5.32 Å². The van der Waals surface area contributed by atoms with Gasteiger partial charge in [-0.05, 0) is 79.6 Å². The first-order valence-electron chi connectivity index (χ1n) is 11.1. The quantitative estimate of drug-likeness (QED) is 0.301. The Labute approximate surface area is 218 Å². The van der Waals surface area contributed by atoms with Crippen molar-refractivity contribution in [3.05, 3.63) is 93.5 Å². The summed E-state index contributed by atoms with van der Waals surface area (Å²) in [5.74, 6) is -0.507. The molecule has 7 nitrogen and oxygen atoms in total. The second-order valence-corrected chi connectivity index (χ2v) is 9.07. The molecular formula is C27H22Cl2N2O5. The van der Waals surface area contributed by atoms with Gasteiger partial charge >= 0.3 is 6.03 Å². The third-order valence-electron chi connectivity index (χ3n) is 5.14. The van der Waals surface area contributed by atoms with Crippen LogP contribution in [0.2, 0.25) is 10.0 Å². The van der Waals surface area contributed by atoms with Gasteiger partial charge in [0.1, 0.15) is 23.7 Å². The second-order valence-electron chi connectivity index (χ2n) is 8.22. The Morgan fingerprint density at radius 1 is 0.944 bits per heavy atom. The highest BCUT2D eigenvalue weighted by Gasteiger charge is 2.36. The summed E-state index contributed by atoms with van der Waals surface area (Å²) < 4.78 is 11.4. The van der Waals surface area contributed by atoms with Gasteiger partial charge in [0.2, 0.25) is 0 Å². The molecule has 184 valence electrons. The zero-order valence-electron chi connectivity index (χ0n) is 19.5.